The molecule has 1 aliphatic rings. The van der Waals surface area contributed by atoms with E-state index in [0.29, 0.717) is 0 Å². The molecule has 106 valence electrons. The lowest BCUT2D eigenvalue weighted by Crippen LogP contribution is -2.54. The molecule has 1 unspecified atom stereocenters. The molecular formula is C15H25N3O. The first-order valence-electron chi connectivity index (χ1n) is 7.45. The summed E-state index contributed by atoms with van der Waals surface area (Å²) in [4.78, 5) is 15.3. The number of nitrogens with zero attached hydrogens (tertiary/aromatic N) is 3. The molecule has 0 spiro atoms. The second-order valence-corrected chi connectivity index (χ2v) is 5.54. The van der Waals surface area contributed by atoms with Crippen LogP contribution in [-0.2, 0) is 6.54 Å². The molecule has 1 aromatic heterocycles. The Morgan fingerprint density at radius 3 is 2.58 bits per heavy atom. The third-order valence-corrected chi connectivity index (χ3v) is 4.48. The summed E-state index contributed by atoms with van der Waals surface area (Å²) in [6.45, 7) is 9.04. The van der Waals surface area contributed by atoms with Crippen molar-refractivity contribution in [2.75, 3.05) is 13.1 Å². The van der Waals surface area contributed by atoms with E-state index in [4.69, 9.17) is 0 Å². The van der Waals surface area contributed by atoms with Crippen molar-refractivity contribution >= 4 is 5.78 Å². The number of hydrogen-bond acceptors (Lipinski definition) is 3. The molecule has 0 bridgehead atoms. The van der Waals surface area contributed by atoms with Gasteiger partial charge in [0.2, 0.25) is 5.78 Å². The SMILES string of the molecule is CCn1nccc1C(=O)C(C)(CC)N1CCCCC1. The van der Waals surface area contributed by atoms with E-state index in [2.05, 4.69) is 23.8 Å². The highest BCUT2D eigenvalue weighted by atomic mass is 16.1. The topological polar surface area (TPSA) is 38.1 Å². The summed E-state index contributed by atoms with van der Waals surface area (Å²) < 4.78 is 1.81. The maximum Gasteiger partial charge on any atom is 0.200 e. The summed E-state index contributed by atoms with van der Waals surface area (Å²) >= 11 is 0. The van der Waals surface area contributed by atoms with Gasteiger partial charge in [0, 0.05) is 12.7 Å². The van der Waals surface area contributed by atoms with Gasteiger partial charge >= 0.3 is 0 Å². The van der Waals surface area contributed by atoms with E-state index < -0.39 is 0 Å². The van der Waals surface area contributed by atoms with Crippen LogP contribution < -0.4 is 0 Å². The lowest BCUT2D eigenvalue weighted by molar-refractivity contribution is 0.0495. The minimum Gasteiger partial charge on any atom is -0.291 e. The van der Waals surface area contributed by atoms with Gasteiger partial charge in [0.25, 0.3) is 0 Å². The minimum atomic E-state index is -0.382. The van der Waals surface area contributed by atoms with Crippen LogP contribution >= 0.6 is 0 Å². The van der Waals surface area contributed by atoms with Crippen molar-refractivity contribution in [3.05, 3.63) is 18.0 Å². The van der Waals surface area contributed by atoms with E-state index in [9.17, 15) is 4.79 Å². The van der Waals surface area contributed by atoms with Crippen molar-refractivity contribution in [1.29, 1.82) is 0 Å². The fourth-order valence-electron chi connectivity index (χ4n) is 2.97. The highest BCUT2D eigenvalue weighted by Crippen LogP contribution is 2.27. The van der Waals surface area contributed by atoms with Crippen molar-refractivity contribution in [2.45, 2.75) is 58.5 Å². The van der Waals surface area contributed by atoms with Crippen LogP contribution in [0.1, 0.15) is 56.9 Å². The van der Waals surface area contributed by atoms with Crippen molar-refractivity contribution in [1.82, 2.24) is 14.7 Å². The Hall–Kier alpha value is -1.16. The van der Waals surface area contributed by atoms with E-state index in [1.165, 1.54) is 19.3 Å². The van der Waals surface area contributed by atoms with E-state index in [1.807, 2.05) is 13.0 Å². The quantitative estimate of drug-likeness (QED) is 0.767. The number of carbonyl (C=O) groups excluding carboxylic acids is 1. The Bertz CT molecular complexity index is 434. The van der Waals surface area contributed by atoms with Gasteiger partial charge in [-0.05, 0) is 52.3 Å². The van der Waals surface area contributed by atoms with E-state index in [-0.39, 0.29) is 11.3 Å². The Labute approximate surface area is 115 Å². The summed E-state index contributed by atoms with van der Waals surface area (Å²) in [6.07, 6.45) is 6.27. The monoisotopic (exact) mass is 263 g/mol. The average molecular weight is 263 g/mol. The standard InChI is InChI=1S/C15H25N3O/c1-4-15(3,17-11-7-6-8-12-17)14(19)13-9-10-16-18(13)5-2/h9-10H,4-8,11-12H2,1-3H3. The maximum absolute atomic E-state index is 12.9. The third kappa shape index (κ3) is 2.59. The number of aromatic nitrogens is 2. The summed E-state index contributed by atoms with van der Waals surface area (Å²) in [7, 11) is 0. The molecule has 0 radical (unpaired) electrons. The predicted octanol–water partition coefficient (Wildman–Crippen LogP) is 2.74. The first-order valence-corrected chi connectivity index (χ1v) is 7.45. The number of hydrogen-bond donors (Lipinski definition) is 0. The zero-order valence-electron chi connectivity index (χ0n) is 12.4. The van der Waals surface area contributed by atoms with E-state index in [0.717, 1.165) is 31.7 Å². The highest BCUT2D eigenvalue weighted by molar-refractivity contribution is 6.01. The predicted molar refractivity (Wildman–Crippen MR) is 76.4 cm³/mol. The largest absolute Gasteiger partial charge is 0.291 e. The number of carbonyl (C=O) groups is 1. The molecule has 4 nitrogen and oxygen atoms in total. The fourth-order valence-corrected chi connectivity index (χ4v) is 2.97. The number of Topliss-reactive ketones (excluding diaryl/α,β-unsaturated/α-hetero) is 1. The lowest BCUT2D eigenvalue weighted by Gasteiger charge is -2.41. The molecule has 1 fully saturated rings. The lowest BCUT2D eigenvalue weighted by atomic mass is 9.87. The molecule has 0 aromatic carbocycles. The number of aryl methyl sites for hydroxylation is 1. The van der Waals surface area contributed by atoms with Gasteiger partial charge in [0.15, 0.2) is 0 Å². The van der Waals surface area contributed by atoms with Gasteiger partial charge in [-0.15, -0.1) is 0 Å². The summed E-state index contributed by atoms with van der Waals surface area (Å²) in [5.41, 5.74) is 0.366. The van der Waals surface area contributed by atoms with Crippen molar-refractivity contribution in [3.8, 4) is 0 Å². The summed E-state index contributed by atoms with van der Waals surface area (Å²) in [6, 6.07) is 1.85. The summed E-state index contributed by atoms with van der Waals surface area (Å²) in [5.74, 6) is 0.219. The Kier molecular flexibility index (Phi) is 4.40. The van der Waals surface area contributed by atoms with Crippen LogP contribution in [-0.4, -0.2) is 39.1 Å². The normalized spacial score (nSPS) is 20.2. The van der Waals surface area contributed by atoms with Gasteiger partial charge in [-0.25, -0.2) is 0 Å². The van der Waals surface area contributed by atoms with Gasteiger partial charge in [-0.1, -0.05) is 13.3 Å². The zero-order chi connectivity index (χ0) is 13.9. The first-order chi connectivity index (χ1) is 9.13. The fraction of sp³-hybridized carbons (Fsp3) is 0.733. The van der Waals surface area contributed by atoms with Crippen LogP contribution in [0.3, 0.4) is 0 Å². The van der Waals surface area contributed by atoms with Crippen LogP contribution in [0.4, 0.5) is 0 Å². The van der Waals surface area contributed by atoms with Crippen LogP contribution in [0.15, 0.2) is 12.3 Å². The molecule has 4 heteroatoms. The molecule has 2 heterocycles. The highest BCUT2D eigenvalue weighted by Gasteiger charge is 2.39. The van der Waals surface area contributed by atoms with Gasteiger partial charge in [-0.2, -0.15) is 5.10 Å². The van der Waals surface area contributed by atoms with Crippen molar-refractivity contribution in [3.63, 3.8) is 0 Å². The van der Waals surface area contributed by atoms with Crippen LogP contribution in [0.5, 0.6) is 0 Å². The second kappa shape index (κ2) is 5.87. The zero-order valence-corrected chi connectivity index (χ0v) is 12.4. The molecule has 0 aliphatic carbocycles. The molecule has 2 rings (SSSR count). The average Bonchev–Trinajstić information content (AvgIpc) is 2.94. The molecule has 19 heavy (non-hydrogen) atoms. The summed E-state index contributed by atoms with van der Waals surface area (Å²) in [5, 5.41) is 4.23. The third-order valence-electron chi connectivity index (χ3n) is 4.48. The maximum atomic E-state index is 12.9. The molecule has 1 aromatic rings. The van der Waals surface area contributed by atoms with Crippen LogP contribution in [0.2, 0.25) is 0 Å². The van der Waals surface area contributed by atoms with Gasteiger partial charge < -0.3 is 0 Å². The minimum absolute atomic E-state index is 0.219. The van der Waals surface area contributed by atoms with E-state index >= 15 is 0 Å². The Balaban J connectivity index is 2.27. The van der Waals surface area contributed by atoms with Gasteiger partial charge in [-0.3, -0.25) is 14.4 Å². The number of piperidine rings is 1. The van der Waals surface area contributed by atoms with Gasteiger partial charge in [0.05, 0.1) is 5.54 Å². The molecule has 0 amide bonds. The smallest absolute Gasteiger partial charge is 0.200 e. The number of likely N-dealkylation sites (tertiary alicyclic amines) is 1. The molecule has 0 N–H and O–H groups in total. The van der Waals surface area contributed by atoms with Crippen LogP contribution in [0, 0.1) is 0 Å². The molecule has 0 saturated carbocycles. The molecular weight excluding hydrogens is 238 g/mol. The van der Waals surface area contributed by atoms with Gasteiger partial charge in [0.1, 0.15) is 5.69 Å². The molecule has 1 atom stereocenters. The number of rotatable bonds is 5. The first kappa shape index (κ1) is 14.3. The molecule has 1 saturated heterocycles. The second-order valence-electron chi connectivity index (χ2n) is 5.54. The number of ketones is 1. The van der Waals surface area contributed by atoms with Crippen molar-refractivity contribution in [2.24, 2.45) is 0 Å². The Morgan fingerprint density at radius 1 is 1.32 bits per heavy atom. The van der Waals surface area contributed by atoms with Crippen molar-refractivity contribution < 1.29 is 4.79 Å². The molecule has 1 aliphatic heterocycles. The van der Waals surface area contributed by atoms with Crippen LogP contribution in [0.25, 0.3) is 0 Å². The van der Waals surface area contributed by atoms with E-state index in [1.54, 1.807) is 10.9 Å². The Morgan fingerprint density at radius 2 is 2.00 bits per heavy atom.